The lowest BCUT2D eigenvalue weighted by Crippen LogP contribution is -3.14. The lowest BCUT2D eigenvalue weighted by molar-refractivity contribution is -0.908. The third-order valence-corrected chi connectivity index (χ3v) is 5.45. The molecule has 1 fully saturated rings. The molecule has 0 radical (unpaired) electrons. The van der Waals surface area contributed by atoms with Crippen LogP contribution >= 0.6 is 0 Å². The van der Waals surface area contributed by atoms with E-state index in [0.717, 1.165) is 79.3 Å². The fraction of sp³-hybridized carbons (Fsp3) is 0.304. The second-order valence-electron chi connectivity index (χ2n) is 7.43. The van der Waals surface area contributed by atoms with Crippen molar-refractivity contribution in [1.29, 1.82) is 0 Å². The van der Waals surface area contributed by atoms with E-state index in [1.54, 1.807) is 4.90 Å². The SMILES string of the molecule is c1ccc(-c2nc(NCCC[NH+]3CCOCC3)c3oc4ccccc4c3n2)cc1. The fourth-order valence-electron chi connectivity index (χ4n) is 3.88. The number of quaternary nitrogens is 1. The molecule has 2 N–H and O–H groups in total. The molecule has 0 amide bonds. The van der Waals surface area contributed by atoms with Gasteiger partial charge in [-0.25, -0.2) is 9.97 Å². The maximum atomic E-state index is 6.11. The average molecular weight is 389 g/mol. The number of hydrogen-bond donors (Lipinski definition) is 2. The van der Waals surface area contributed by atoms with Crippen LogP contribution in [-0.4, -0.2) is 49.4 Å². The standard InChI is InChI=1S/C23H24N4O2/c1-2-7-17(8-3-1)22-25-20-18-9-4-5-10-19(18)29-21(20)23(26-22)24-11-6-12-27-13-15-28-16-14-27/h1-5,7-10H,6,11-16H2,(H,24,25,26)/p+1. The first-order valence-corrected chi connectivity index (χ1v) is 10.3. The quantitative estimate of drug-likeness (QED) is 0.497. The van der Waals surface area contributed by atoms with Crippen molar-refractivity contribution in [3.05, 3.63) is 54.6 Å². The third kappa shape index (κ3) is 3.81. The fourth-order valence-corrected chi connectivity index (χ4v) is 3.88. The molecule has 4 aromatic rings. The van der Waals surface area contributed by atoms with Gasteiger partial charge in [0.1, 0.15) is 24.2 Å². The molecule has 0 atom stereocenters. The van der Waals surface area contributed by atoms with Gasteiger partial charge in [-0.15, -0.1) is 0 Å². The Bertz CT molecular complexity index is 1100. The average Bonchev–Trinajstić information content (AvgIpc) is 3.17. The highest BCUT2D eigenvalue weighted by Gasteiger charge is 2.17. The molecule has 1 aliphatic rings. The summed E-state index contributed by atoms with van der Waals surface area (Å²) in [5, 5.41) is 4.53. The molecule has 2 aromatic carbocycles. The maximum absolute atomic E-state index is 6.11. The van der Waals surface area contributed by atoms with Crippen molar-refractivity contribution in [2.45, 2.75) is 6.42 Å². The van der Waals surface area contributed by atoms with Crippen LogP contribution in [0.4, 0.5) is 5.82 Å². The Morgan fingerprint density at radius 1 is 0.931 bits per heavy atom. The number of nitrogens with zero attached hydrogens (tertiary/aromatic N) is 2. The van der Waals surface area contributed by atoms with E-state index in [1.165, 1.54) is 0 Å². The second-order valence-corrected chi connectivity index (χ2v) is 7.43. The molecule has 1 saturated heterocycles. The summed E-state index contributed by atoms with van der Waals surface area (Å²) < 4.78 is 11.6. The van der Waals surface area contributed by atoms with Crippen molar-refractivity contribution >= 4 is 27.9 Å². The summed E-state index contributed by atoms with van der Waals surface area (Å²) in [5.41, 5.74) is 3.42. The van der Waals surface area contributed by atoms with Gasteiger partial charge in [0.05, 0.1) is 19.8 Å². The smallest absolute Gasteiger partial charge is 0.196 e. The van der Waals surface area contributed by atoms with Gasteiger partial charge in [-0.05, 0) is 12.1 Å². The van der Waals surface area contributed by atoms with E-state index in [4.69, 9.17) is 19.1 Å². The highest BCUT2D eigenvalue weighted by Crippen LogP contribution is 2.33. The Balaban J connectivity index is 1.44. The van der Waals surface area contributed by atoms with E-state index in [1.807, 2.05) is 48.5 Å². The predicted octanol–water partition coefficient (Wildman–Crippen LogP) is 2.76. The molecule has 1 aliphatic heterocycles. The molecule has 0 unspecified atom stereocenters. The second kappa shape index (κ2) is 8.19. The summed E-state index contributed by atoms with van der Waals surface area (Å²) in [4.78, 5) is 11.3. The first-order chi connectivity index (χ1) is 14.4. The lowest BCUT2D eigenvalue weighted by Gasteiger charge is -2.23. The minimum atomic E-state index is 0.714. The number of hydrogen-bond acceptors (Lipinski definition) is 5. The van der Waals surface area contributed by atoms with Crippen LogP contribution in [0.5, 0.6) is 0 Å². The molecular formula is C23H25N4O2+. The van der Waals surface area contributed by atoms with Crippen LogP contribution in [-0.2, 0) is 4.74 Å². The minimum absolute atomic E-state index is 0.714. The molecule has 6 nitrogen and oxygen atoms in total. The molecule has 148 valence electrons. The van der Waals surface area contributed by atoms with Crippen LogP contribution in [0, 0.1) is 0 Å². The summed E-state index contributed by atoms with van der Waals surface area (Å²) in [6, 6.07) is 18.1. The van der Waals surface area contributed by atoms with Gasteiger partial charge in [0.25, 0.3) is 0 Å². The zero-order valence-corrected chi connectivity index (χ0v) is 16.4. The van der Waals surface area contributed by atoms with Crippen LogP contribution in [0.2, 0.25) is 0 Å². The molecule has 5 rings (SSSR count). The minimum Gasteiger partial charge on any atom is -0.450 e. The van der Waals surface area contributed by atoms with Gasteiger partial charge >= 0.3 is 0 Å². The summed E-state index contributed by atoms with van der Waals surface area (Å²) >= 11 is 0. The van der Waals surface area contributed by atoms with Crippen LogP contribution in [0.1, 0.15) is 6.42 Å². The molecule has 6 heteroatoms. The lowest BCUT2D eigenvalue weighted by atomic mass is 10.2. The van der Waals surface area contributed by atoms with Crippen molar-refractivity contribution in [3.63, 3.8) is 0 Å². The van der Waals surface area contributed by atoms with Gasteiger partial charge in [-0.1, -0.05) is 42.5 Å². The van der Waals surface area contributed by atoms with Gasteiger partial charge < -0.3 is 19.4 Å². The number of furan rings is 1. The van der Waals surface area contributed by atoms with Crippen LogP contribution in [0.25, 0.3) is 33.5 Å². The normalized spacial score (nSPS) is 15.2. The molecular weight excluding hydrogens is 364 g/mol. The van der Waals surface area contributed by atoms with Gasteiger partial charge in [-0.3, -0.25) is 0 Å². The molecule has 0 bridgehead atoms. The van der Waals surface area contributed by atoms with Crippen LogP contribution < -0.4 is 10.2 Å². The first kappa shape index (κ1) is 18.1. The number of benzene rings is 2. The van der Waals surface area contributed by atoms with E-state index in [0.29, 0.717) is 5.82 Å². The molecule has 0 spiro atoms. The number of aromatic nitrogens is 2. The van der Waals surface area contributed by atoms with Crippen molar-refractivity contribution < 1.29 is 14.1 Å². The van der Waals surface area contributed by atoms with Gasteiger partial charge in [0.15, 0.2) is 17.2 Å². The number of anilines is 1. The highest BCUT2D eigenvalue weighted by molar-refractivity contribution is 6.06. The van der Waals surface area contributed by atoms with Crippen molar-refractivity contribution in [2.24, 2.45) is 0 Å². The zero-order valence-electron chi connectivity index (χ0n) is 16.4. The maximum Gasteiger partial charge on any atom is 0.196 e. The van der Waals surface area contributed by atoms with Crippen molar-refractivity contribution in [1.82, 2.24) is 9.97 Å². The van der Waals surface area contributed by atoms with Gasteiger partial charge in [0.2, 0.25) is 0 Å². The Labute approximate surface area is 169 Å². The number of nitrogens with one attached hydrogen (secondary N) is 2. The van der Waals surface area contributed by atoms with Crippen molar-refractivity contribution in [3.8, 4) is 11.4 Å². The van der Waals surface area contributed by atoms with E-state index >= 15 is 0 Å². The summed E-state index contributed by atoms with van der Waals surface area (Å²) in [6.45, 7) is 5.92. The largest absolute Gasteiger partial charge is 0.450 e. The zero-order chi connectivity index (χ0) is 19.5. The first-order valence-electron chi connectivity index (χ1n) is 10.3. The number of para-hydroxylation sites is 1. The van der Waals surface area contributed by atoms with Crippen LogP contribution in [0.3, 0.4) is 0 Å². The Morgan fingerprint density at radius 3 is 2.59 bits per heavy atom. The van der Waals surface area contributed by atoms with E-state index in [-0.39, 0.29) is 0 Å². The Kier molecular flexibility index (Phi) is 5.11. The molecule has 3 heterocycles. The van der Waals surface area contributed by atoms with Crippen LogP contribution in [0.15, 0.2) is 59.0 Å². The highest BCUT2D eigenvalue weighted by atomic mass is 16.5. The summed E-state index contributed by atoms with van der Waals surface area (Å²) in [6.07, 6.45) is 1.07. The van der Waals surface area contributed by atoms with E-state index in [2.05, 4.69) is 11.4 Å². The topological polar surface area (TPSA) is 64.6 Å². The Morgan fingerprint density at radius 2 is 1.72 bits per heavy atom. The Hall–Kier alpha value is -2.96. The molecule has 29 heavy (non-hydrogen) atoms. The number of morpholine rings is 1. The number of ether oxygens (including phenoxy) is 1. The molecule has 0 aliphatic carbocycles. The predicted molar refractivity (Wildman–Crippen MR) is 114 cm³/mol. The number of rotatable bonds is 6. The van der Waals surface area contributed by atoms with E-state index < -0.39 is 0 Å². The van der Waals surface area contributed by atoms with E-state index in [9.17, 15) is 0 Å². The number of fused-ring (bicyclic) bond motifs is 3. The van der Waals surface area contributed by atoms with Crippen molar-refractivity contribution in [2.75, 3.05) is 44.7 Å². The monoisotopic (exact) mass is 389 g/mol. The summed E-state index contributed by atoms with van der Waals surface area (Å²) in [7, 11) is 0. The van der Waals surface area contributed by atoms with Gasteiger partial charge in [-0.2, -0.15) is 0 Å². The molecule has 2 aromatic heterocycles. The third-order valence-electron chi connectivity index (χ3n) is 5.45. The molecule has 0 saturated carbocycles. The summed E-state index contributed by atoms with van der Waals surface area (Å²) in [5.74, 6) is 1.48. The van der Waals surface area contributed by atoms with Gasteiger partial charge in [0, 0.05) is 23.9 Å².